The van der Waals surface area contributed by atoms with Crippen molar-refractivity contribution in [2.75, 3.05) is 13.3 Å². The Bertz CT molecular complexity index is 938. The summed E-state index contributed by atoms with van der Waals surface area (Å²) in [5.74, 6) is 2.88. The number of hydrogen-bond acceptors (Lipinski definition) is 4. The highest BCUT2D eigenvalue weighted by atomic mass is 16.7. The van der Waals surface area contributed by atoms with Crippen molar-refractivity contribution in [1.82, 2.24) is 5.32 Å². The summed E-state index contributed by atoms with van der Waals surface area (Å²) in [6.07, 6.45) is 1.19. The summed E-state index contributed by atoms with van der Waals surface area (Å²) in [7, 11) is 0. The molecule has 0 saturated carbocycles. The van der Waals surface area contributed by atoms with E-state index < -0.39 is 0 Å². The number of hydrogen-bond donors (Lipinski definition) is 1. The molecule has 156 valence electrons. The molecule has 0 amide bonds. The Labute approximate surface area is 178 Å². The highest BCUT2D eigenvalue weighted by molar-refractivity contribution is 5.47. The molecule has 4 nitrogen and oxygen atoms in total. The van der Waals surface area contributed by atoms with Crippen molar-refractivity contribution in [3.8, 4) is 17.2 Å². The summed E-state index contributed by atoms with van der Waals surface area (Å²) >= 11 is 0. The maximum atomic E-state index is 5.72. The van der Waals surface area contributed by atoms with Crippen LogP contribution >= 0.6 is 0 Å². The van der Waals surface area contributed by atoms with Crippen LogP contribution in [0.3, 0.4) is 0 Å². The van der Waals surface area contributed by atoms with Gasteiger partial charge in [0.05, 0.1) is 6.10 Å². The molecular formula is C26H29NO3. The molecule has 1 aliphatic rings. The van der Waals surface area contributed by atoms with E-state index in [0.29, 0.717) is 12.7 Å². The SMILES string of the molecule is CC(C)Oc1ccc(CNCC[C@@H](c2ccccc2)c2ccc3c(c2)OCO3)cc1. The molecule has 4 rings (SSSR count). The summed E-state index contributed by atoms with van der Waals surface area (Å²) in [4.78, 5) is 0. The number of benzene rings is 3. The first kappa shape index (κ1) is 20.3. The van der Waals surface area contributed by atoms with Gasteiger partial charge in [-0.15, -0.1) is 0 Å². The third-order valence-corrected chi connectivity index (χ3v) is 5.23. The second kappa shape index (κ2) is 9.68. The van der Waals surface area contributed by atoms with Crippen LogP contribution in [0, 0.1) is 0 Å². The van der Waals surface area contributed by atoms with Gasteiger partial charge in [-0.25, -0.2) is 0 Å². The Morgan fingerprint density at radius 2 is 1.63 bits per heavy atom. The van der Waals surface area contributed by atoms with E-state index >= 15 is 0 Å². The van der Waals surface area contributed by atoms with Crippen molar-refractivity contribution >= 4 is 0 Å². The Hall–Kier alpha value is -2.98. The van der Waals surface area contributed by atoms with Crippen LogP contribution in [0.1, 0.15) is 42.9 Å². The van der Waals surface area contributed by atoms with E-state index in [2.05, 4.69) is 59.9 Å². The molecule has 1 heterocycles. The second-order valence-electron chi connectivity index (χ2n) is 7.85. The summed E-state index contributed by atoms with van der Waals surface area (Å²) in [6.45, 7) is 6.14. The molecule has 0 fully saturated rings. The first-order valence-corrected chi connectivity index (χ1v) is 10.6. The van der Waals surface area contributed by atoms with Gasteiger partial charge in [0.2, 0.25) is 6.79 Å². The first-order chi connectivity index (χ1) is 14.7. The standard InChI is InChI=1S/C26H29NO3/c1-19(2)30-23-11-8-20(9-12-23)17-27-15-14-24(21-6-4-3-5-7-21)22-10-13-25-26(16-22)29-18-28-25/h3-13,16,19,24,27H,14-15,17-18H2,1-2H3/t24-/m0/s1. The van der Waals surface area contributed by atoms with Crippen molar-refractivity contribution in [2.45, 2.75) is 38.8 Å². The Morgan fingerprint density at radius 1 is 0.867 bits per heavy atom. The monoisotopic (exact) mass is 403 g/mol. The van der Waals surface area contributed by atoms with Gasteiger partial charge in [0.15, 0.2) is 11.5 Å². The maximum Gasteiger partial charge on any atom is 0.231 e. The molecule has 1 N–H and O–H groups in total. The minimum absolute atomic E-state index is 0.195. The molecule has 30 heavy (non-hydrogen) atoms. The molecule has 0 radical (unpaired) electrons. The van der Waals surface area contributed by atoms with E-state index in [4.69, 9.17) is 14.2 Å². The van der Waals surface area contributed by atoms with Gasteiger partial charge in [-0.3, -0.25) is 0 Å². The zero-order valence-corrected chi connectivity index (χ0v) is 17.6. The number of fused-ring (bicyclic) bond motifs is 1. The third kappa shape index (κ3) is 5.14. The molecule has 3 aromatic rings. The number of rotatable bonds is 9. The van der Waals surface area contributed by atoms with Crippen LogP contribution in [0.5, 0.6) is 17.2 Å². The number of nitrogens with one attached hydrogen (secondary N) is 1. The van der Waals surface area contributed by atoms with Crippen LogP contribution in [0.4, 0.5) is 0 Å². The molecule has 0 saturated heterocycles. The maximum absolute atomic E-state index is 5.72. The normalized spacial score (nSPS) is 13.4. The van der Waals surface area contributed by atoms with Crippen molar-refractivity contribution in [3.63, 3.8) is 0 Å². The zero-order chi connectivity index (χ0) is 20.8. The second-order valence-corrected chi connectivity index (χ2v) is 7.85. The van der Waals surface area contributed by atoms with E-state index in [0.717, 1.165) is 36.8 Å². The fraction of sp³-hybridized carbons (Fsp3) is 0.308. The average Bonchev–Trinajstić information content (AvgIpc) is 3.23. The molecule has 4 heteroatoms. The van der Waals surface area contributed by atoms with Gasteiger partial charge in [0.25, 0.3) is 0 Å². The molecule has 3 aromatic carbocycles. The Kier molecular flexibility index (Phi) is 6.55. The predicted molar refractivity (Wildman–Crippen MR) is 119 cm³/mol. The van der Waals surface area contributed by atoms with Crippen molar-refractivity contribution < 1.29 is 14.2 Å². The fourth-order valence-corrected chi connectivity index (χ4v) is 3.78. The third-order valence-electron chi connectivity index (χ3n) is 5.23. The van der Waals surface area contributed by atoms with E-state index in [1.54, 1.807) is 0 Å². The smallest absolute Gasteiger partial charge is 0.231 e. The van der Waals surface area contributed by atoms with E-state index in [1.807, 2.05) is 32.0 Å². The lowest BCUT2D eigenvalue weighted by Gasteiger charge is -2.19. The van der Waals surface area contributed by atoms with Crippen molar-refractivity contribution in [3.05, 3.63) is 89.5 Å². The van der Waals surface area contributed by atoms with E-state index in [9.17, 15) is 0 Å². The van der Waals surface area contributed by atoms with Gasteiger partial charge < -0.3 is 19.5 Å². The van der Waals surface area contributed by atoms with Gasteiger partial charge in [-0.05, 0) is 67.8 Å². The first-order valence-electron chi connectivity index (χ1n) is 10.6. The minimum atomic E-state index is 0.195. The van der Waals surface area contributed by atoms with Gasteiger partial charge in [0.1, 0.15) is 5.75 Å². The van der Waals surface area contributed by atoms with E-state index in [-0.39, 0.29) is 6.10 Å². The lowest BCUT2D eigenvalue weighted by atomic mass is 9.88. The van der Waals surface area contributed by atoms with Crippen LogP contribution in [-0.4, -0.2) is 19.4 Å². The molecule has 0 aliphatic carbocycles. The summed E-state index contributed by atoms with van der Waals surface area (Å²) < 4.78 is 16.8. The van der Waals surface area contributed by atoms with Crippen LogP contribution in [-0.2, 0) is 6.54 Å². The molecule has 0 aromatic heterocycles. The van der Waals surface area contributed by atoms with Gasteiger partial charge in [-0.2, -0.15) is 0 Å². The van der Waals surface area contributed by atoms with Gasteiger partial charge in [-0.1, -0.05) is 48.5 Å². The molecule has 0 spiro atoms. The Morgan fingerprint density at radius 3 is 2.40 bits per heavy atom. The summed E-state index contributed by atoms with van der Waals surface area (Å²) in [5, 5.41) is 3.59. The average molecular weight is 404 g/mol. The summed E-state index contributed by atoms with van der Waals surface area (Å²) in [6, 6.07) is 25.3. The topological polar surface area (TPSA) is 39.7 Å². The van der Waals surface area contributed by atoms with Crippen molar-refractivity contribution in [2.24, 2.45) is 0 Å². The van der Waals surface area contributed by atoms with Gasteiger partial charge >= 0.3 is 0 Å². The fourth-order valence-electron chi connectivity index (χ4n) is 3.78. The molecule has 1 atom stereocenters. The summed E-state index contributed by atoms with van der Waals surface area (Å²) in [5.41, 5.74) is 3.82. The molecule has 1 aliphatic heterocycles. The molecule has 0 bridgehead atoms. The van der Waals surface area contributed by atoms with Gasteiger partial charge in [0, 0.05) is 12.5 Å². The quantitative estimate of drug-likeness (QED) is 0.478. The van der Waals surface area contributed by atoms with Crippen LogP contribution < -0.4 is 19.5 Å². The van der Waals surface area contributed by atoms with Crippen LogP contribution in [0.25, 0.3) is 0 Å². The van der Waals surface area contributed by atoms with Crippen LogP contribution in [0.2, 0.25) is 0 Å². The highest BCUT2D eigenvalue weighted by Crippen LogP contribution is 2.37. The largest absolute Gasteiger partial charge is 0.491 e. The highest BCUT2D eigenvalue weighted by Gasteiger charge is 2.19. The Balaban J connectivity index is 1.38. The predicted octanol–water partition coefficient (Wildman–Crippen LogP) is 5.51. The van der Waals surface area contributed by atoms with Crippen LogP contribution in [0.15, 0.2) is 72.8 Å². The zero-order valence-electron chi connectivity index (χ0n) is 17.6. The van der Waals surface area contributed by atoms with Crippen molar-refractivity contribution in [1.29, 1.82) is 0 Å². The minimum Gasteiger partial charge on any atom is -0.491 e. The lowest BCUT2D eigenvalue weighted by molar-refractivity contribution is 0.174. The lowest BCUT2D eigenvalue weighted by Crippen LogP contribution is -2.18. The molecular weight excluding hydrogens is 374 g/mol. The van der Waals surface area contributed by atoms with E-state index in [1.165, 1.54) is 16.7 Å². The molecule has 0 unspecified atom stereocenters. The number of ether oxygens (including phenoxy) is 3.